The Balaban J connectivity index is 2.31. The maximum atomic E-state index is 10.7. The molecule has 1 aromatic rings. The molecular formula is C9H11N3O3. The van der Waals surface area contributed by atoms with E-state index in [1.165, 1.54) is 18.3 Å². The molecule has 0 aromatic carbocycles. The van der Waals surface area contributed by atoms with Gasteiger partial charge >= 0.3 is 5.69 Å². The minimum absolute atomic E-state index is 0.00778. The Bertz CT molecular complexity index is 383. The van der Waals surface area contributed by atoms with Crippen molar-refractivity contribution >= 4 is 11.5 Å². The van der Waals surface area contributed by atoms with E-state index in [-0.39, 0.29) is 5.69 Å². The topological polar surface area (TPSA) is 79.5 Å². The van der Waals surface area contributed by atoms with Crippen molar-refractivity contribution in [1.82, 2.24) is 4.98 Å². The first kappa shape index (κ1) is 9.85. The molecule has 0 radical (unpaired) electrons. The zero-order chi connectivity index (χ0) is 10.8. The van der Waals surface area contributed by atoms with Crippen molar-refractivity contribution in [2.75, 3.05) is 18.0 Å². The van der Waals surface area contributed by atoms with Crippen LogP contribution in [0.2, 0.25) is 0 Å². The second kappa shape index (κ2) is 3.82. The fourth-order valence-corrected chi connectivity index (χ4v) is 1.71. The Hall–Kier alpha value is -1.69. The molecule has 1 aliphatic rings. The van der Waals surface area contributed by atoms with Crippen molar-refractivity contribution < 1.29 is 10.0 Å². The van der Waals surface area contributed by atoms with Gasteiger partial charge < -0.3 is 10.0 Å². The summed E-state index contributed by atoms with van der Waals surface area (Å²) in [5.41, 5.74) is -0.00778. The number of aliphatic hydroxyl groups excluding tert-OH is 1. The summed E-state index contributed by atoms with van der Waals surface area (Å²) in [5.74, 6) is 0.346. The molecule has 2 rings (SSSR count). The van der Waals surface area contributed by atoms with E-state index in [1.54, 1.807) is 4.90 Å². The number of hydrogen-bond donors (Lipinski definition) is 1. The van der Waals surface area contributed by atoms with Gasteiger partial charge in [0.1, 0.15) is 0 Å². The minimum Gasteiger partial charge on any atom is -0.391 e. The minimum atomic E-state index is -0.451. The molecule has 15 heavy (non-hydrogen) atoms. The van der Waals surface area contributed by atoms with E-state index < -0.39 is 11.0 Å². The highest BCUT2D eigenvalue weighted by Gasteiger charge is 2.27. The Morgan fingerprint density at radius 2 is 2.47 bits per heavy atom. The van der Waals surface area contributed by atoms with Gasteiger partial charge in [0.2, 0.25) is 5.82 Å². The molecule has 0 unspecified atom stereocenters. The van der Waals surface area contributed by atoms with E-state index in [0.717, 1.165) is 0 Å². The molecule has 1 saturated heterocycles. The molecule has 6 heteroatoms. The smallest absolute Gasteiger partial charge is 0.311 e. The molecule has 0 amide bonds. The van der Waals surface area contributed by atoms with Crippen LogP contribution >= 0.6 is 0 Å². The lowest BCUT2D eigenvalue weighted by molar-refractivity contribution is -0.384. The third-order valence-corrected chi connectivity index (χ3v) is 2.43. The lowest BCUT2D eigenvalue weighted by atomic mass is 10.3. The summed E-state index contributed by atoms with van der Waals surface area (Å²) < 4.78 is 0. The molecule has 80 valence electrons. The third kappa shape index (κ3) is 1.89. The first-order valence-corrected chi connectivity index (χ1v) is 4.71. The van der Waals surface area contributed by atoms with E-state index in [0.29, 0.717) is 25.3 Å². The number of pyridine rings is 1. The van der Waals surface area contributed by atoms with Crippen molar-refractivity contribution in [3.8, 4) is 0 Å². The fourth-order valence-electron chi connectivity index (χ4n) is 1.71. The zero-order valence-corrected chi connectivity index (χ0v) is 8.04. The zero-order valence-electron chi connectivity index (χ0n) is 8.04. The van der Waals surface area contributed by atoms with Gasteiger partial charge in [-0.1, -0.05) is 0 Å². The number of hydrogen-bond acceptors (Lipinski definition) is 5. The highest BCUT2D eigenvalue weighted by atomic mass is 16.6. The van der Waals surface area contributed by atoms with Crippen LogP contribution in [0.1, 0.15) is 6.42 Å². The van der Waals surface area contributed by atoms with Crippen LogP contribution in [0, 0.1) is 10.1 Å². The molecule has 1 fully saturated rings. The van der Waals surface area contributed by atoms with Crippen LogP contribution in [0.5, 0.6) is 0 Å². The molecule has 6 nitrogen and oxygen atoms in total. The van der Waals surface area contributed by atoms with E-state index in [4.69, 9.17) is 0 Å². The van der Waals surface area contributed by atoms with Crippen LogP contribution in [0.3, 0.4) is 0 Å². The van der Waals surface area contributed by atoms with E-state index in [9.17, 15) is 15.2 Å². The second-order valence-corrected chi connectivity index (χ2v) is 3.49. The monoisotopic (exact) mass is 209 g/mol. The van der Waals surface area contributed by atoms with Crippen molar-refractivity contribution in [3.63, 3.8) is 0 Å². The average Bonchev–Trinajstić information content (AvgIpc) is 2.65. The van der Waals surface area contributed by atoms with Crippen LogP contribution in [0.15, 0.2) is 18.3 Å². The van der Waals surface area contributed by atoms with Gasteiger partial charge in [-0.05, 0) is 12.5 Å². The highest BCUT2D eigenvalue weighted by molar-refractivity contribution is 5.57. The van der Waals surface area contributed by atoms with Crippen LogP contribution < -0.4 is 4.90 Å². The van der Waals surface area contributed by atoms with Crippen LogP contribution in [0.4, 0.5) is 11.5 Å². The van der Waals surface area contributed by atoms with Gasteiger partial charge in [-0.15, -0.1) is 0 Å². The number of β-amino-alcohol motifs (C(OH)–C–C–N with tert-alkyl or cyclic N) is 1. The molecule has 1 aliphatic heterocycles. The van der Waals surface area contributed by atoms with Crippen molar-refractivity contribution in [3.05, 3.63) is 28.4 Å². The SMILES string of the molecule is O=[N+]([O-])c1cccnc1N1CC[C@@H](O)C1. The summed E-state index contributed by atoms with van der Waals surface area (Å²) in [6, 6.07) is 2.96. The first-order valence-electron chi connectivity index (χ1n) is 4.71. The number of nitro groups is 1. The maximum absolute atomic E-state index is 10.7. The number of anilines is 1. The largest absolute Gasteiger partial charge is 0.391 e. The van der Waals surface area contributed by atoms with Crippen molar-refractivity contribution in [2.45, 2.75) is 12.5 Å². The summed E-state index contributed by atoms with van der Waals surface area (Å²) in [6.07, 6.45) is 1.74. The number of nitrogens with zero attached hydrogens (tertiary/aromatic N) is 3. The highest BCUT2D eigenvalue weighted by Crippen LogP contribution is 2.27. The van der Waals surface area contributed by atoms with Crippen LogP contribution in [0.25, 0.3) is 0 Å². The Kier molecular flexibility index (Phi) is 2.51. The van der Waals surface area contributed by atoms with Crippen LogP contribution in [-0.4, -0.2) is 34.2 Å². The van der Waals surface area contributed by atoms with Crippen molar-refractivity contribution in [1.29, 1.82) is 0 Å². The van der Waals surface area contributed by atoms with Gasteiger partial charge in [0.05, 0.1) is 11.0 Å². The third-order valence-electron chi connectivity index (χ3n) is 2.43. The molecule has 0 saturated carbocycles. The van der Waals surface area contributed by atoms with E-state index in [1.807, 2.05) is 0 Å². The molecule has 2 heterocycles. The first-order chi connectivity index (χ1) is 7.18. The van der Waals surface area contributed by atoms with Gasteiger partial charge in [-0.2, -0.15) is 0 Å². The summed E-state index contributed by atoms with van der Waals surface area (Å²) in [7, 11) is 0. The number of aromatic nitrogens is 1. The second-order valence-electron chi connectivity index (χ2n) is 3.49. The standard InChI is InChI=1S/C9H11N3O3/c13-7-3-5-11(6-7)9-8(12(14)15)2-1-4-10-9/h1-2,4,7,13H,3,5-6H2/t7-/m1/s1. The summed E-state index contributed by atoms with van der Waals surface area (Å²) in [5, 5.41) is 20.1. The molecular weight excluding hydrogens is 198 g/mol. The summed E-state index contributed by atoms with van der Waals surface area (Å²) in [6.45, 7) is 1.02. The van der Waals surface area contributed by atoms with E-state index >= 15 is 0 Å². The lowest BCUT2D eigenvalue weighted by Crippen LogP contribution is -2.23. The van der Waals surface area contributed by atoms with E-state index in [2.05, 4.69) is 4.98 Å². The van der Waals surface area contributed by atoms with Crippen molar-refractivity contribution in [2.24, 2.45) is 0 Å². The fraction of sp³-hybridized carbons (Fsp3) is 0.444. The molecule has 0 bridgehead atoms. The predicted molar refractivity (Wildman–Crippen MR) is 53.7 cm³/mol. The molecule has 0 aliphatic carbocycles. The molecule has 1 aromatic heterocycles. The normalized spacial score (nSPS) is 20.6. The van der Waals surface area contributed by atoms with Gasteiger partial charge in [0, 0.05) is 25.4 Å². The molecule has 0 spiro atoms. The summed E-state index contributed by atoms with van der Waals surface area (Å²) >= 11 is 0. The number of rotatable bonds is 2. The van der Waals surface area contributed by atoms with Gasteiger partial charge in [-0.3, -0.25) is 10.1 Å². The number of aliphatic hydroxyl groups is 1. The lowest BCUT2D eigenvalue weighted by Gasteiger charge is -2.15. The Labute approximate surface area is 86.3 Å². The Morgan fingerprint density at radius 1 is 1.67 bits per heavy atom. The van der Waals surface area contributed by atoms with Gasteiger partial charge in [0.25, 0.3) is 0 Å². The van der Waals surface area contributed by atoms with Gasteiger partial charge in [0.15, 0.2) is 0 Å². The Morgan fingerprint density at radius 3 is 3.07 bits per heavy atom. The van der Waals surface area contributed by atoms with Gasteiger partial charge in [-0.25, -0.2) is 4.98 Å². The van der Waals surface area contributed by atoms with Crippen LogP contribution in [-0.2, 0) is 0 Å². The quantitative estimate of drug-likeness (QED) is 0.568. The molecule has 1 N–H and O–H groups in total. The summed E-state index contributed by atoms with van der Waals surface area (Å²) in [4.78, 5) is 16.0. The maximum Gasteiger partial charge on any atom is 0.311 e. The predicted octanol–water partition coefficient (Wildman–Crippen LogP) is 0.561. The average molecular weight is 209 g/mol. The molecule has 1 atom stereocenters.